The van der Waals surface area contributed by atoms with E-state index in [1.54, 1.807) is 37.8 Å². The molecule has 6 nitrogen and oxygen atoms in total. The average Bonchev–Trinajstić information content (AvgIpc) is 2.54. The fraction of sp³-hybridized carbons (Fsp3) is 0.556. The molecule has 0 aliphatic carbocycles. The predicted octanol–water partition coefficient (Wildman–Crippen LogP) is 2.12. The van der Waals surface area contributed by atoms with Crippen LogP contribution in [0.25, 0.3) is 0 Å². The van der Waals surface area contributed by atoms with Gasteiger partial charge in [0.2, 0.25) is 5.91 Å². The molecule has 1 fully saturated rings. The second-order valence-corrected chi connectivity index (χ2v) is 6.97. The topological polar surface area (TPSA) is 67.9 Å². The Kier molecular flexibility index (Phi) is 6.36. The van der Waals surface area contributed by atoms with Crippen molar-refractivity contribution in [3.05, 3.63) is 35.6 Å². The highest BCUT2D eigenvalue weighted by Gasteiger charge is 2.29. The van der Waals surface area contributed by atoms with E-state index in [1.807, 2.05) is 0 Å². The minimum Gasteiger partial charge on any atom is -0.444 e. The van der Waals surface area contributed by atoms with Crippen molar-refractivity contribution in [1.82, 2.24) is 10.2 Å². The average molecular weight is 352 g/mol. The number of rotatable bonds is 4. The van der Waals surface area contributed by atoms with Crippen LogP contribution in [0.2, 0.25) is 0 Å². The molecular weight excluding hydrogens is 327 g/mol. The van der Waals surface area contributed by atoms with Crippen molar-refractivity contribution in [1.29, 1.82) is 0 Å². The van der Waals surface area contributed by atoms with Crippen molar-refractivity contribution in [3.63, 3.8) is 0 Å². The van der Waals surface area contributed by atoms with Crippen molar-refractivity contribution < 1.29 is 23.5 Å². The van der Waals surface area contributed by atoms with Gasteiger partial charge in [-0.25, -0.2) is 9.18 Å². The maximum atomic E-state index is 13.1. The van der Waals surface area contributed by atoms with Crippen LogP contribution in [0.4, 0.5) is 9.18 Å². The Hall–Kier alpha value is -2.15. The summed E-state index contributed by atoms with van der Waals surface area (Å²) in [7, 11) is 0. The lowest BCUT2D eigenvalue weighted by atomic mass is 10.0. The van der Waals surface area contributed by atoms with E-state index in [0.717, 1.165) is 5.56 Å². The van der Waals surface area contributed by atoms with Crippen LogP contribution in [0.15, 0.2) is 24.3 Å². The standard InChI is InChI=1S/C18H25FN2O4/c1-18(2,3)25-17(23)20-15(12-13-4-6-14(19)7-5-13)16(22)21-8-10-24-11-9-21/h4-7,15H,8-12H2,1-3H3,(H,20,23). The van der Waals surface area contributed by atoms with Gasteiger partial charge in [-0.2, -0.15) is 0 Å². The van der Waals surface area contributed by atoms with Crippen molar-refractivity contribution in [2.45, 2.75) is 38.8 Å². The Morgan fingerprint density at radius 1 is 1.24 bits per heavy atom. The van der Waals surface area contributed by atoms with Crippen LogP contribution in [-0.2, 0) is 20.7 Å². The van der Waals surface area contributed by atoms with Gasteiger partial charge >= 0.3 is 6.09 Å². The molecule has 1 atom stereocenters. The van der Waals surface area contributed by atoms with Gasteiger partial charge in [-0.15, -0.1) is 0 Å². The second-order valence-electron chi connectivity index (χ2n) is 6.97. The number of carbonyl (C=O) groups excluding carboxylic acids is 2. The third kappa shape index (κ3) is 6.34. The number of halogens is 1. The molecule has 0 bridgehead atoms. The van der Waals surface area contributed by atoms with Gasteiger partial charge in [-0.05, 0) is 38.5 Å². The fourth-order valence-corrected chi connectivity index (χ4v) is 2.51. The molecule has 1 unspecified atom stereocenters. The first-order valence-electron chi connectivity index (χ1n) is 8.35. The number of nitrogens with zero attached hydrogens (tertiary/aromatic N) is 1. The molecule has 2 rings (SSSR count). The Balaban J connectivity index is 2.10. The highest BCUT2D eigenvalue weighted by molar-refractivity contribution is 5.86. The number of ether oxygens (including phenoxy) is 2. The van der Waals surface area contributed by atoms with E-state index < -0.39 is 17.7 Å². The molecule has 1 heterocycles. The van der Waals surface area contributed by atoms with Gasteiger partial charge in [0.1, 0.15) is 17.5 Å². The van der Waals surface area contributed by atoms with Gasteiger partial charge < -0.3 is 19.7 Å². The second kappa shape index (κ2) is 8.29. The van der Waals surface area contributed by atoms with Crippen LogP contribution in [0.5, 0.6) is 0 Å². The predicted molar refractivity (Wildman–Crippen MR) is 90.7 cm³/mol. The van der Waals surface area contributed by atoms with Crippen LogP contribution in [0, 0.1) is 5.82 Å². The van der Waals surface area contributed by atoms with Crippen molar-refractivity contribution >= 4 is 12.0 Å². The Bertz CT molecular complexity index is 592. The maximum Gasteiger partial charge on any atom is 0.408 e. The summed E-state index contributed by atoms with van der Waals surface area (Å²) in [6.45, 7) is 7.18. The Morgan fingerprint density at radius 2 is 1.84 bits per heavy atom. The zero-order chi connectivity index (χ0) is 18.4. The van der Waals surface area contributed by atoms with E-state index in [1.165, 1.54) is 12.1 Å². The zero-order valence-electron chi connectivity index (χ0n) is 14.9. The molecule has 1 N–H and O–H groups in total. The first kappa shape index (κ1) is 19.2. The molecule has 0 radical (unpaired) electrons. The van der Waals surface area contributed by atoms with E-state index in [-0.39, 0.29) is 18.1 Å². The number of nitrogens with one attached hydrogen (secondary N) is 1. The molecular formula is C18H25FN2O4. The lowest BCUT2D eigenvalue weighted by Crippen LogP contribution is -2.53. The third-order valence-corrected chi connectivity index (χ3v) is 3.66. The summed E-state index contributed by atoms with van der Waals surface area (Å²) < 4.78 is 23.6. The number of morpholine rings is 1. The van der Waals surface area contributed by atoms with E-state index in [0.29, 0.717) is 26.3 Å². The van der Waals surface area contributed by atoms with Crippen LogP contribution in [-0.4, -0.2) is 54.8 Å². The van der Waals surface area contributed by atoms with Crippen molar-refractivity contribution in [2.24, 2.45) is 0 Å². The molecule has 1 aromatic rings. The highest BCUT2D eigenvalue weighted by Crippen LogP contribution is 2.11. The minimum atomic E-state index is -0.779. The van der Waals surface area contributed by atoms with Crippen LogP contribution >= 0.6 is 0 Å². The molecule has 1 aliphatic rings. The summed E-state index contributed by atoms with van der Waals surface area (Å²) in [5.74, 6) is -0.543. The summed E-state index contributed by atoms with van der Waals surface area (Å²) in [5, 5.41) is 2.65. The number of amides is 2. The lowest BCUT2D eigenvalue weighted by Gasteiger charge is -2.31. The van der Waals surface area contributed by atoms with Gasteiger partial charge in [0, 0.05) is 19.5 Å². The summed E-state index contributed by atoms with van der Waals surface area (Å²) in [6, 6.07) is 5.09. The number of carbonyl (C=O) groups is 2. The molecule has 1 saturated heterocycles. The third-order valence-electron chi connectivity index (χ3n) is 3.66. The van der Waals surface area contributed by atoms with Gasteiger partial charge in [0.15, 0.2) is 0 Å². The number of benzene rings is 1. The lowest BCUT2D eigenvalue weighted by molar-refractivity contribution is -0.137. The number of hydrogen-bond acceptors (Lipinski definition) is 4. The van der Waals surface area contributed by atoms with Crippen LogP contribution < -0.4 is 5.32 Å². The normalized spacial score (nSPS) is 16.2. The Morgan fingerprint density at radius 3 is 2.40 bits per heavy atom. The summed E-state index contributed by atoms with van der Waals surface area (Å²) in [6.07, 6.45) is -0.392. The molecule has 1 aromatic carbocycles. The smallest absolute Gasteiger partial charge is 0.408 e. The molecule has 138 valence electrons. The fourth-order valence-electron chi connectivity index (χ4n) is 2.51. The van der Waals surface area contributed by atoms with E-state index in [4.69, 9.17) is 9.47 Å². The summed E-state index contributed by atoms with van der Waals surface area (Å²) >= 11 is 0. The minimum absolute atomic E-state index is 0.196. The summed E-state index contributed by atoms with van der Waals surface area (Å²) in [5.41, 5.74) is 0.0936. The van der Waals surface area contributed by atoms with E-state index >= 15 is 0 Å². The molecule has 0 spiro atoms. The first-order valence-corrected chi connectivity index (χ1v) is 8.35. The number of alkyl carbamates (subject to hydrolysis) is 1. The molecule has 1 aliphatic heterocycles. The molecule has 25 heavy (non-hydrogen) atoms. The zero-order valence-corrected chi connectivity index (χ0v) is 14.9. The molecule has 0 aromatic heterocycles. The van der Waals surface area contributed by atoms with Gasteiger partial charge in [-0.3, -0.25) is 4.79 Å². The van der Waals surface area contributed by atoms with Gasteiger partial charge in [0.25, 0.3) is 0 Å². The van der Waals surface area contributed by atoms with E-state index in [2.05, 4.69) is 5.32 Å². The van der Waals surface area contributed by atoms with E-state index in [9.17, 15) is 14.0 Å². The SMILES string of the molecule is CC(C)(C)OC(=O)NC(Cc1ccc(F)cc1)C(=O)N1CCOCC1. The van der Waals surface area contributed by atoms with Crippen LogP contribution in [0.1, 0.15) is 26.3 Å². The largest absolute Gasteiger partial charge is 0.444 e. The van der Waals surface area contributed by atoms with Gasteiger partial charge in [-0.1, -0.05) is 12.1 Å². The first-order chi connectivity index (χ1) is 11.7. The Labute approximate surface area is 147 Å². The van der Waals surface area contributed by atoms with Crippen molar-refractivity contribution in [3.8, 4) is 0 Å². The summed E-state index contributed by atoms with van der Waals surface area (Å²) in [4.78, 5) is 26.6. The van der Waals surface area contributed by atoms with Crippen LogP contribution in [0.3, 0.4) is 0 Å². The molecule has 2 amide bonds. The molecule has 0 saturated carbocycles. The highest BCUT2D eigenvalue weighted by atomic mass is 19.1. The van der Waals surface area contributed by atoms with Crippen molar-refractivity contribution in [2.75, 3.05) is 26.3 Å². The van der Waals surface area contributed by atoms with Gasteiger partial charge in [0.05, 0.1) is 13.2 Å². The maximum absolute atomic E-state index is 13.1. The quantitative estimate of drug-likeness (QED) is 0.901. The number of hydrogen-bond donors (Lipinski definition) is 1. The monoisotopic (exact) mass is 352 g/mol. The molecule has 7 heteroatoms.